The molecule has 0 aromatic carbocycles. The number of carbonyl (C=O) groups excluding carboxylic acids is 1. The molecule has 14 heavy (non-hydrogen) atoms. The average Bonchev–Trinajstić information content (AvgIpc) is 2.73. The van der Waals surface area contributed by atoms with Crippen LogP contribution in [-0.2, 0) is 0 Å². The van der Waals surface area contributed by atoms with Crippen LogP contribution in [-0.4, -0.2) is 35.1 Å². The van der Waals surface area contributed by atoms with Crippen LogP contribution in [0.25, 0.3) is 0 Å². The summed E-state index contributed by atoms with van der Waals surface area (Å²) < 4.78 is 0.619. The highest BCUT2D eigenvalue weighted by Crippen LogP contribution is 2.24. The normalized spacial score (nSPS) is 21.6. The summed E-state index contributed by atoms with van der Waals surface area (Å²) in [7, 11) is 0. The molecule has 1 aromatic heterocycles. The summed E-state index contributed by atoms with van der Waals surface area (Å²) in [6.45, 7) is 1.07. The van der Waals surface area contributed by atoms with Crippen molar-refractivity contribution in [1.82, 2.24) is 4.90 Å². The zero-order valence-electron chi connectivity index (χ0n) is 7.44. The minimum Gasteiger partial charge on any atom is -0.391 e. The fourth-order valence-electron chi connectivity index (χ4n) is 1.51. The highest BCUT2D eigenvalue weighted by Gasteiger charge is 2.25. The first-order chi connectivity index (χ1) is 6.66. The van der Waals surface area contributed by atoms with E-state index in [4.69, 9.17) is 11.6 Å². The summed E-state index contributed by atoms with van der Waals surface area (Å²) in [5.41, 5.74) is 0. The highest BCUT2D eigenvalue weighted by molar-refractivity contribution is 7.17. The van der Waals surface area contributed by atoms with Gasteiger partial charge in [0.25, 0.3) is 5.91 Å². The molecule has 0 spiro atoms. The van der Waals surface area contributed by atoms with Crippen LogP contribution >= 0.6 is 22.9 Å². The number of rotatable bonds is 1. The van der Waals surface area contributed by atoms with Gasteiger partial charge < -0.3 is 10.0 Å². The molecule has 1 atom stereocenters. The van der Waals surface area contributed by atoms with E-state index in [1.807, 2.05) is 0 Å². The predicted octanol–water partition coefficient (Wildman–Crippen LogP) is 1.61. The number of aliphatic hydroxyl groups is 1. The lowest BCUT2D eigenvalue weighted by Gasteiger charge is -2.13. The molecule has 1 N–H and O–H groups in total. The number of hydrogen-bond acceptors (Lipinski definition) is 3. The quantitative estimate of drug-likeness (QED) is 0.798. The van der Waals surface area contributed by atoms with Gasteiger partial charge in [-0.25, -0.2) is 0 Å². The molecule has 0 saturated carbocycles. The molecule has 0 unspecified atom stereocenters. The summed E-state index contributed by atoms with van der Waals surface area (Å²) in [5.74, 6) is -0.0292. The van der Waals surface area contributed by atoms with Gasteiger partial charge in [0.05, 0.1) is 15.3 Å². The smallest absolute Gasteiger partial charge is 0.264 e. The van der Waals surface area contributed by atoms with Gasteiger partial charge >= 0.3 is 0 Å². The molecule has 1 fully saturated rings. The van der Waals surface area contributed by atoms with Gasteiger partial charge in [-0.3, -0.25) is 4.79 Å². The van der Waals surface area contributed by atoms with Crippen molar-refractivity contribution in [3.05, 3.63) is 21.3 Å². The van der Waals surface area contributed by atoms with Crippen molar-refractivity contribution in [3.63, 3.8) is 0 Å². The van der Waals surface area contributed by atoms with Gasteiger partial charge in [0.1, 0.15) is 0 Å². The van der Waals surface area contributed by atoms with E-state index in [2.05, 4.69) is 0 Å². The van der Waals surface area contributed by atoms with Gasteiger partial charge in [0.15, 0.2) is 0 Å². The number of hydrogen-bond donors (Lipinski definition) is 1. The van der Waals surface area contributed by atoms with Crippen LogP contribution in [0.15, 0.2) is 12.1 Å². The van der Waals surface area contributed by atoms with Crippen LogP contribution in [0.5, 0.6) is 0 Å². The minimum absolute atomic E-state index is 0.0292. The van der Waals surface area contributed by atoms with Crippen LogP contribution in [0.2, 0.25) is 4.34 Å². The van der Waals surface area contributed by atoms with E-state index in [-0.39, 0.29) is 12.0 Å². The Hall–Kier alpha value is -0.580. The van der Waals surface area contributed by atoms with E-state index < -0.39 is 0 Å². The van der Waals surface area contributed by atoms with Gasteiger partial charge in [-0.15, -0.1) is 11.3 Å². The summed E-state index contributed by atoms with van der Waals surface area (Å²) in [5, 5.41) is 9.28. The van der Waals surface area contributed by atoms with E-state index in [0.717, 1.165) is 0 Å². The second-order valence-corrected chi connectivity index (χ2v) is 5.01. The first-order valence-electron chi connectivity index (χ1n) is 4.39. The Morgan fingerprint density at radius 2 is 2.43 bits per heavy atom. The molecule has 76 valence electrons. The zero-order valence-corrected chi connectivity index (χ0v) is 9.01. The van der Waals surface area contributed by atoms with Crippen LogP contribution in [0.3, 0.4) is 0 Å². The second-order valence-electron chi connectivity index (χ2n) is 3.30. The molecule has 1 aliphatic heterocycles. The molecule has 2 heterocycles. The van der Waals surface area contributed by atoms with Gasteiger partial charge in [-0.2, -0.15) is 0 Å². The SMILES string of the molecule is O=C(c1ccc(Cl)s1)N1CC[C@H](O)C1. The second kappa shape index (κ2) is 3.88. The summed E-state index contributed by atoms with van der Waals surface area (Å²) in [4.78, 5) is 14.1. The first kappa shape index (κ1) is 9.96. The van der Waals surface area contributed by atoms with Gasteiger partial charge in [-0.05, 0) is 18.6 Å². The lowest BCUT2D eigenvalue weighted by Crippen LogP contribution is -2.28. The Morgan fingerprint density at radius 1 is 1.64 bits per heavy atom. The van der Waals surface area contributed by atoms with Crippen molar-refractivity contribution in [2.75, 3.05) is 13.1 Å². The maximum absolute atomic E-state index is 11.8. The average molecular weight is 232 g/mol. The molecule has 1 aromatic rings. The van der Waals surface area contributed by atoms with E-state index in [1.165, 1.54) is 11.3 Å². The monoisotopic (exact) mass is 231 g/mol. The number of thiophene rings is 1. The molecule has 0 radical (unpaired) electrons. The standard InChI is InChI=1S/C9H10ClNO2S/c10-8-2-1-7(14-8)9(13)11-4-3-6(12)5-11/h1-2,6,12H,3-5H2/t6-/m0/s1. The van der Waals surface area contributed by atoms with Gasteiger partial charge in [0.2, 0.25) is 0 Å². The van der Waals surface area contributed by atoms with Crippen molar-refractivity contribution in [2.45, 2.75) is 12.5 Å². The summed E-state index contributed by atoms with van der Waals surface area (Å²) in [6, 6.07) is 3.44. The molecule has 0 bridgehead atoms. The van der Waals surface area contributed by atoms with Gasteiger partial charge in [0, 0.05) is 13.1 Å². The lowest BCUT2D eigenvalue weighted by molar-refractivity contribution is 0.0769. The highest BCUT2D eigenvalue weighted by atomic mass is 35.5. The maximum Gasteiger partial charge on any atom is 0.264 e. The third-order valence-electron chi connectivity index (χ3n) is 2.23. The zero-order chi connectivity index (χ0) is 10.1. The van der Waals surface area contributed by atoms with Crippen LogP contribution in [0, 0.1) is 0 Å². The molecule has 1 saturated heterocycles. The topological polar surface area (TPSA) is 40.5 Å². The Kier molecular flexibility index (Phi) is 2.76. The van der Waals surface area contributed by atoms with Crippen LogP contribution < -0.4 is 0 Å². The van der Waals surface area contributed by atoms with Crippen molar-refractivity contribution in [3.8, 4) is 0 Å². The number of halogens is 1. The minimum atomic E-state index is -0.366. The third kappa shape index (κ3) is 1.92. The first-order valence-corrected chi connectivity index (χ1v) is 5.59. The van der Waals surface area contributed by atoms with E-state index >= 15 is 0 Å². The Balaban J connectivity index is 2.09. The molecule has 2 rings (SSSR count). The van der Waals surface area contributed by atoms with E-state index in [9.17, 15) is 9.90 Å². The van der Waals surface area contributed by atoms with E-state index in [0.29, 0.717) is 28.7 Å². The predicted molar refractivity (Wildman–Crippen MR) is 55.9 cm³/mol. The van der Waals surface area contributed by atoms with Crippen molar-refractivity contribution in [2.24, 2.45) is 0 Å². The van der Waals surface area contributed by atoms with Crippen molar-refractivity contribution < 1.29 is 9.90 Å². The van der Waals surface area contributed by atoms with Crippen LogP contribution in [0.4, 0.5) is 0 Å². The Bertz CT molecular complexity index is 352. The van der Waals surface area contributed by atoms with Gasteiger partial charge in [-0.1, -0.05) is 11.6 Å². The number of nitrogens with zero attached hydrogens (tertiary/aromatic N) is 1. The number of aliphatic hydroxyl groups excluding tert-OH is 1. The molecule has 1 amide bonds. The summed E-state index contributed by atoms with van der Waals surface area (Å²) in [6.07, 6.45) is 0.305. The molecular formula is C9H10ClNO2S. The molecular weight excluding hydrogens is 222 g/mol. The van der Waals surface area contributed by atoms with E-state index in [1.54, 1.807) is 17.0 Å². The maximum atomic E-state index is 11.8. The number of amides is 1. The fourth-order valence-corrected chi connectivity index (χ4v) is 2.52. The number of β-amino-alcohol motifs (C(OH)–C–C–N with tert-alkyl or cyclic N) is 1. The van der Waals surface area contributed by atoms with Crippen molar-refractivity contribution in [1.29, 1.82) is 0 Å². The lowest BCUT2D eigenvalue weighted by atomic mass is 10.3. The molecule has 5 heteroatoms. The number of carbonyl (C=O) groups is 1. The third-order valence-corrected chi connectivity index (χ3v) is 3.45. The Morgan fingerprint density at radius 3 is 2.93 bits per heavy atom. The number of likely N-dealkylation sites (tertiary alicyclic amines) is 1. The molecule has 3 nitrogen and oxygen atoms in total. The Labute approximate surface area is 90.9 Å². The summed E-state index contributed by atoms with van der Waals surface area (Å²) >= 11 is 7.01. The largest absolute Gasteiger partial charge is 0.391 e. The molecule has 0 aliphatic carbocycles. The van der Waals surface area contributed by atoms with Crippen LogP contribution in [0.1, 0.15) is 16.1 Å². The molecule has 1 aliphatic rings. The van der Waals surface area contributed by atoms with Crippen molar-refractivity contribution >= 4 is 28.8 Å². The fraction of sp³-hybridized carbons (Fsp3) is 0.444.